The molecule has 0 spiro atoms. The Morgan fingerprint density at radius 3 is 2.67 bits per heavy atom. The third kappa shape index (κ3) is 3.09. The molecule has 0 fully saturated rings. The normalized spacial score (nSPS) is 12.2. The molecule has 0 saturated carbocycles. The van der Waals surface area contributed by atoms with E-state index in [1.54, 1.807) is 19.5 Å². The van der Waals surface area contributed by atoms with Crippen molar-refractivity contribution in [3.63, 3.8) is 0 Å². The molecule has 18 heavy (non-hydrogen) atoms. The first kappa shape index (κ1) is 13.1. The maximum absolute atomic E-state index is 10.2. The summed E-state index contributed by atoms with van der Waals surface area (Å²) in [5, 5.41) is 10.2. The van der Waals surface area contributed by atoms with Crippen molar-refractivity contribution in [1.82, 2.24) is 4.98 Å². The van der Waals surface area contributed by atoms with Gasteiger partial charge < -0.3 is 9.84 Å². The monoisotopic (exact) mass is 307 g/mol. The van der Waals surface area contributed by atoms with E-state index in [9.17, 15) is 5.11 Å². The Morgan fingerprint density at radius 1 is 1.28 bits per heavy atom. The zero-order valence-corrected chi connectivity index (χ0v) is 11.6. The van der Waals surface area contributed by atoms with Gasteiger partial charge in [0.05, 0.1) is 13.2 Å². The van der Waals surface area contributed by atoms with E-state index in [-0.39, 0.29) is 0 Å². The summed E-state index contributed by atoms with van der Waals surface area (Å²) in [6, 6.07) is 9.40. The minimum absolute atomic E-state index is 0.507. The van der Waals surface area contributed by atoms with Crippen LogP contribution in [0.3, 0.4) is 0 Å². The Balaban J connectivity index is 2.21. The maximum atomic E-state index is 10.2. The lowest BCUT2D eigenvalue weighted by Gasteiger charge is -2.14. The van der Waals surface area contributed by atoms with Crippen molar-refractivity contribution >= 4 is 15.9 Å². The minimum atomic E-state index is -0.559. The lowest BCUT2D eigenvalue weighted by atomic mass is 10.0. The van der Waals surface area contributed by atoms with Gasteiger partial charge in [0.1, 0.15) is 5.75 Å². The van der Waals surface area contributed by atoms with Crippen molar-refractivity contribution in [1.29, 1.82) is 0 Å². The van der Waals surface area contributed by atoms with Crippen LogP contribution in [0.15, 0.2) is 47.2 Å². The molecule has 0 aliphatic rings. The smallest absolute Gasteiger partial charge is 0.122 e. The van der Waals surface area contributed by atoms with E-state index in [4.69, 9.17) is 4.74 Å². The van der Waals surface area contributed by atoms with Crippen LogP contribution in [-0.4, -0.2) is 17.2 Å². The van der Waals surface area contributed by atoms with Gasteiger partial charge in [-0.05, 0) is 41.5 Å². The van der Waals surface area contributed by atoms with Crippen molar-refractivity contribution in [2.75, 3.05) is 7.11 Å². The molecular weight excluding hydrogens is 294 g/mol. The summed E-state index contributed by atoms with van der Waals surface area (Å²) in [5.74, 6) is 0.784. The van der Waals surface area contributed by atoms with Gasteiger partial charge in [-0.15, -0.1) is 0 Å². The molecule has 1 aromatic carbocycles. The van der Waals surface area contributed by atoms with Gasteiger partial charge in [0.2, 0.25) is 0 Å². The first-order valence-electron chi connectivity index (χ1n) is 5.61. The van der Waals surface area contributed by atoms with Crippen molar-refractivity contribution in [3.05, 3.63) is 58.3 Å². The maximum Gasteiger partial charge on any atom is 0.122 e. The van der Waals surface area contributed by atoms with E-state index in [2.05, 4.69) is 20.9 Å². The molecule has 1 atom stereocenters. The number of halogens is 1. The van der Waals surface area contributed by atoms with E-state index in [0.29, 0.717) is 6.42 Å². The van der Waals surface area contributed by atoms with Gasteiger partial charge in [0, 0.05) is 23.3 Å². The number of ether oxygens (including phenoxy) is 1. The highest BCUT2D eigenvalue weighted by molar-refractivity contribution is 9.10. The number of nitrogens with zero attached hydrogens (tertiary/aromatic N) is 1. The standard InChI is InChI=1S/C14H14BrNO2/c1-18-14-3-2-12(15)8-11(14)9-13(17)10-4-6-16-7-5-10/h2-8,13,17H,9H2,1H3. The van der Waals surface area contributed by atoms with Crippen molar-refractivity contribution in [2.45, 2.75) is 12.5 Å². The highest BCUT2D eigenvalue weighted by Gasteiger charge is 2.12. The van der Waals surface area contributed by atoms with Crippen molar-refractivity contribution in [3.8, 4) is 5.75 Å². The van der Waals surface area contributed by atoms with Gasteiger partial charge in [0.25, 0.3) is 0 Å². The Labute approximate surface area is 115 Å². The highest BCUT2D eigenvalue weighted by Crippen LogP contribution is 2.27. The number of aliphatic hydroxyl groups is 1. The Morgan fingerprint density at radius 2 is 2.00 bits per heavy atom. The second-order valence-electron chi connectivity index (χ2n) is 3.96. The zero-order valence-electron chi connectivity index (χ0n) is 10.0. The van der Waals surface area contributed by atoms with Crippen molar-refractivity contribution in [2.24, 2.45) is 0 Å². The predicted octanol–water partition coefficient (Wildman–Crippen LogP) is 3.13. The average molecular weight is 308 g/mol. The molecule has 1 aromatic heterocycles. The van der Waals surface area contributed by atoms with E-state index in [1.807, 2.05) is 30.3 Å². The average Bonchev–Trinajstić information content (AvgIpc) is 2.40. The molecule has 1 N–H and O–H groups in total. The van der Waals surface area contributed by atoms with E-state index < -0.39 is 6.10 Å². The van der Waals surface area contributed by atoms with Crippen LogP contribution in [0.4, 0.5) is 0 Å². The molecule has 1 heterocycles. The SMILES string of the molecule is COc1ccc(Br)cc1CC(O)c1ccncc1. The molecule has 3 nitrogen and oxygen atoms in total. The van der Waals surface area contributed by atoms with Gasteiger partial charge in [-0.2, -0.15) is 0 Å². The van der Waals surface area contributed by atoms with Crippen LogP contribution < -0.4 is 4.74 Å². The van der Waals surface area contributed by atoms with Gasteiger partial charge in [-0.1, -0.05) is 15.9 Å². The van der Waals surface area contributed by atoms with Gasteiger partial charge >= 0.3 is 0 Å². The molecule has 2 rings (SSSR count). The molecule has 0 radical (unpaired) electrons. The van der Waals surface area contributed by atoms with E-state index in [1.165, 1.54) is 0 Å². The fraction of sp³-hybridized carbons (Fsp3) is 0.214. The van der Waals surface area contributed by atoms with Gasteiger partial charge in [0.15, 0.2) is 0 Å². The fourth-order valence-electron chi connectivity index (χ4n) is 1.82. The molecule has 0 bridgehead atoms. The minimum Gasteiger partial charge on any atom is -0.496 e. The van der Waals surface area contributed by atoms with Crippen LogP contribution in [0, 0.1) is 0 Å². The summed E-state index contributed by atoms with van der Waals surface area (Å²) >= 11 is 3.42. The summed E-state index contributed by atoms with van der Waals surface area (Å²) in [7, 11) is 1.63. The second-order valence-corrected chi connectivity index (χ2v) is 4.87. The summed E-state index contributed by atoms with van der Waals surface area (Å²) in [6.45, 7) is 0. The number of benzene rings is 1. The Kier molecular flexibility index (Phi) is 4.33. The largest absolute Gasteiger partial charge is 0.496 e. The lowest BCUT2D eigenvalue weighted by Crippen LogP contribution is -2.03. The number of aliphatic hydroxyl groups excluding tert-OH is 1. The molecule has 0 aliphatic carbocycles. The second kappa shape index (κ2) is 5.98. The van der Waals surface area contributed by atoms with Crippen LogP contribution in [0.5, 0.6) is 5.75 Å². The molecule has 0 amide bonds. The molecule has 94 valence electrons. The molecular formula is C14H14BrNO2. The first-order chi connectivity index (χ1) is 8.70. The fourth-order valence-corrected chi connectivity index (χ4v) is 2.23. The highest BCUT2D eigenvalue weighted by atomic mass is 79.9. The number of methoxy groups -OCH3 is 1. The predicted molar refractivity (Wildman–Crippen MR) is 73.6 cm³/mol. The summed E-state index contributed by atoms with van der Waals surface area (Å²) in [4.78, 5) is 3.94. The number of aromatic nitrogens is 1. The number of hydrogen-bond donors (Lipinski definition) is 1. The van der Waals surface area contributed by atoms with Crippen LogP contribution in [0.1, 0.15) is 17.2 Å². The van der Waals surface area contributed by atoms with Gasteiger partial charge in [-0.3, -0.25) is 4.98 Å². The quantitative estimate of drug-likeness (QED) is 0.943. The number of rotatable bonds is 4. The van der Waals surface area contributed by atoms with Crippen LogP contribution in [0.25, 0.3) is 0 Å². The number of hydrogen-bond acceptors (Lipinski definition) is 3. The first-order valence-corrected chi connectivity index (χ1v) is 6.40. The summed E-state index contributed by atoms with van der Waals surface area (Å²) in [6.07, 6.45) is 3.30. The lowest BCUT2D eigenvalue weighted by molar-refractivity contribution is 0.177. The summed E-state index contributed by atoms with van der Waals surface area (Å²) < 4.78 is 6.27. The van der Waals surface area contributed by atoms with E-state index >= 15 is 0 Å². The Bertz CT molecular complexity index is 516. The van der Waals surface area contributed by atoms with Crippen molar-refractivity contribution < 1.29 is 9.84 Å². The summed E-state index contributed by atoms with van der Waals surface area (Å²) in [5.41, 5.74) is 1.82. The Hall–Kier alpha value is -1.39. The third-order valence-corrected chi connectivity index (χ3v) is 3.24. The number of pyridine rings is 1. The van der Waals surface area contributed by atoms with E-state index in [0.717, 1.165) is 21.3 Å². The zero-order chi connectivity index (χ0) is 13.0. The molecule has 0 aliphatic heterocycles. The van der Waals surface area contributed by atoms with Crippen LogP contribution >= 0.6 is 15.9 Å². The molecule has 2 aromatic rings. The molecule has 4 heteroatoms. The topological polar surface area (TPSA) is 42.4 Å². The molecule has 1 unspecified atom stereocenters. The third-order valence-electron chi connectivity index (χ3n) is 2.75. The van der Waals surface area contributed by atoms with Crippen LogP contribution in [0.2, 0.25) is 0 Å². The van der Waals surface area contributed by atoms with Crippen LogP contribution in [-0.2, 0) is 6.42 Å². The van der Waals surface area contributed by atoms with Gasteiger partial charge in [-0.25, -0.2) is 0 Å². The molecule has 0 saturated heterocycles.